The molecule has 1 amide bonds. The van der Waals surface area contributed by atoms with E-state index in [9.17, 15) is 4.79 Å². The predicted octanol–water partition coefficient (Wildman–Crippen LogP) is 2.80. The van der Waals surface area contributed by atoms with Crippen LogP contribution in [0.4, 0.5) is 5.69 Å². The maximum absolute atomic E-state index is 12.0. The number of carbonyl (C=O) groups is 1. The van der Waals surface area contributed by atoms with Crippen LogP contribution in [0.15, 0.2) is 24.3 Å². The van der Waals surface area contributed by atoms with Gasteiger partial charge in [-0.1, -0.05) is 25.5 Å². The van der Waals surface area contributed by atoms with E-state index in [1.165, 1.54) is 0 Å². The van der Waals surface area contributed by atoms with Gasteiger partial charge in [0, 0.05) is 6.04 Å². The van der Waals surface area contributed by atoms with Gasteiger partial charge in [0.1, 0.15) is 11.8 Å². The van der Waals surface area contributed by atoms with Gasteiger partial charge in [-0.2, -0.15) is 0 Å². The Balaban J connectivity index is 2.58. The number of ether oxygens (including phenoxy) is 1. The lowest BCUT2D eigenvalue weighted by Gasteiger charge is -2.20. The molecule has 0 radical (unpaired) electrons. The molecule has 1 aromatic rings. The quantitative estimate of drug-likeness (QED) is 0.796. The molecule has 0 saturated heterocycles. The Morgan fingerprint density at radius 1 is 1.32 bits per heavy atom. The summed E-state index contributed by atoms with van der Waals surface area (Å²) >= 11 is 0. The van der Waals surface area contributed by atoms with Crippen LogP contribution in [0.25, 0.3) is 0 Å². The molecule has 4 nitrogen and oxygen atoms in total. The van der Waals surface area contributed by atoms with Crippen molar-refractivity contribution >= 4 is 11.6 Å². The molecule has 106 valence electrons. The van der Waals surface area contributed by atoms with Crippen molar-refractivity contribution in [2.24, 2.45) is 0 Å². The van der Waals surface area contributed by atoms with E-state index in [0.717, 1.165) is 24.3 Å². The molecule has 0 aromatic heterocycles. The summed E-state index contributed by atoms with van der Waals surface area (Å²) < 4.78 is 5.25. The Bertz CT molecular complexity index is 407. The van der Waals surface area contributed by atoms with Crippen molar-refractivity contribution in [1.82, 2.24) is 5.32 Å². The number of rotatable bonds is 7. The molecule has 0 aliphatic carbocycles. The molecular weight excluding hydrogens is 240 g/mol. The largest absolute Gasteiger partial charge is 0.495 e. The second kappa shape index (κ2) is 7.67. The Morgan fingerprint density at radius 3 is 2.63 bits per heavy atom. The number of para-hydroxylation sites is 2. The van der Waals surface area contributed by atoms with E-state index in [1.807, 2.05) is 38.1 Å². The van der Waals surface area contributed by atoms with Crippen LogP contribution in [-0.2, 0) is 4.79 Å². The minimum absolute atomic E-state index is 0.00635. The highest BCUT2D eigenvalue weighted by atomic mass is 16.5. The van der Waals surface area contributed by atoms with Crippen molar-refractivity contribution < 1.29 is 9.53 Å². The second-order valence-electron chi connectivity index (χ2n) is 4.76. The van der Waals surface area contributed by atoms with E-state index >= 15 is 0 Å². The molecule has 0 aliphatic heterocycles. The Kier molecular flexibility index (Phi) is 6.19. The molecule has 4 heteroatoms. The number of methoxy groups -OCH3 is 1. The van der Waals surface area contributed by atoms with Crippen molar-refractivity contribution in [2.45, 2.75) is 45.7 Å². The lowest BCUT2D eigenvalue weighted by atomic mass is 10.2. The van der Waals surface area contributed by atoms with Crippen LogP contribution in [-0.4, -0.2) is 25.1 Å². The van der Waals surface area contributed by atoms with Crippen molar-refractivity contribution in [3.05, 3.63) is 24.3 Å². The zero-order valence-electron chi connectivity index (χ0n) is 12.2. The van der Waals surface area contributed by atoms with E-state index in [0.29, 0.717) is 0 Å². The number of anilines is 1. The molecule has 2 unspecified atom stereocenters. The van der Waals surface area contributed by atoms with Gasteiger partial charge in [0.2, 0.25) is 5.91 Å². The van der Waals surface area contributed by atoms with E-state index in [4.69, 9.17) is 4.74 Å². The third-order valence-electron chi connectivity index (χ3n) is 2.98. The summed E-state index contributed by atoms with van der Waals surface area (Å²) in [7, 11) is 1.62. The summed E-state index contributed by atoms with van der Waals surface area (Å²) in [6, 6.07) is 7.49. The minimum atomic E-state index is -0.296. The Labute approximate surface area is 115 Å². The van der Waals surface area contributed by atoms with Crippen molar-refractivity contribution in [3.8, 4) is 5.75 Å². The van der Waals surface area contributed by atoms with Gasteiger partial charge in [-0.25, -0.2) is 0 Å². The van der Waals surface area contributed by atoms with E-state index < -0.39 is 0 Å². The fraction of sp³-hybridized carbons (Fsp3) is 0.533. The fourth-order valence-electron chi connectivity index (χ4n) is 1.94. The molecule has 19 heavy (non-hydrogen) atoms. The van der Waals surface area contributed by atoms with Crippen molar-refractivity contribution in [1.29, 1.82) is 0 Å². The van der Waals surface area contributed by atoms with Crippen LogP contribution in [0, 0.1) is 0 Å². The first-order chi connectivity index (χ1) is 9.08. The van der Waals surface area contributed by atoms with Gasteiger partial charge in [0.05, 0.1) is 12.8 Å². The Morgan fingerprint density at radius 2 is 2.00 bits per heavy atom. The molecule has 2 N–H and O–H groups in total. The summed E-state index contributed by atoms with van der Waals surface area (Å²) in [5, 5.41) is 6.17. The van der Waals surface area contributed by atoms with Crippen LogP contribution < -0.4 is 15.4 Å². The third-order valence-corrected chi connectivity index (χ3v) is 2.98. The SMILES string of the molecule is CCCC(C)NC(=O)C(C)Nc1ccccc1OC. The van der Waals surface area contributed by atoms with Gasteiger partial charge >= 0.3 is 0 Å². The van der Waals surface area contributed by atoms with Crippen molar-refractivity contribution in [2.75, 3.05) is 12.4 Å². The Hall–Kier alpha value is -1.71. The normalized spacial score (nSPS) is 13.5. The van der Waals surface area contributed by atoms with Gasteiger partial charge in [-0.05, 0) is 32.4 Å². The molecule has 0 aliphatic rings. The molecular formula is C15H24N2O2. The third kappa shape index (κ3) is 4.81. The lowest BCUT2D eigenvalue weighted by molar-refractivity contribution is -0.122. The molecule has 0 bridgehead atoms. The van der Waals surface area contributed by atoms with Crippen LogP contribution in [0.5, 0.6) is 5.75 Å². The molecule has 1 aromatic carbocycles. The topological polar surface area (TPSA) is 50.4 Å². The summed E-state index contributed by atoms with van der Waals surface area (Å²) in [6.07, 6.45) is 2.06. The zero-order valence-corrected chi connectivity index (χ0v) is 12.2. The average Bonchev–Trinajstić information content (AvgIpc) is 2.39. The number of hydrogen-bond donors (Lipinski definition) is 2. The molecule has 0 spiro atoms. The number of hydrogen-bond acceptors (Lipinski definition) is 3. The monoisotopic (exact) mass is 264 g/mol. The summed E-state index contributed by atoms with van der Waals surface area (Å²) in [5.74, 6) is 0.746. The van der Waals surface area contributed by atoms with Crippen molar-refractivity contribution in [3.63, 3.8) is 0 Å². The predicted molar refractivity (Wildman–Crippen MR) is 78.6 cm³/mol. The maximum Gasteiger partial charge on any atom is 0.242 e. The smallest absolute Gasteiger partial charge is 0.242 e. The number of nitrogens with one attached hydrogen (secondary N) is 2. The minimum Gasteiger partial charge on any atom is -0.495 e. The number of benzene rings is 1. The first-order valence-electron chi connectivity index (χ1n) is 6.78. The van der Waals surface area contributed by atoms with E-state index in [1.54, 1.807) is 7.11 Å². The molecule has 0 saturated carbocycles. The summed E-state index contributed by atoms with van der Waals surface area (Å²) in [5.41, 5.74) is 0.829. The highest BCUT2D eigenvalue weighted by molar-refractivity contribution is 5.84. The van der Waals surface area contributed by atoms with E-state index in [-0.39, 0.29) is 18.0 Å². The second-order valence-corrected chi connectivity index (χ2v) is 4.76. The van der Waals surface area contributed by atoms with Gasteiger partial charge in [0.25, 0.3) is 0 Å². The molecule has 1 rings (SSSR count). The lowest BCUT2D eigenvalue weighted by Crippen LogP contribution is -2.42. The van der Waals surface area contributed by atoms with Crippen LogP contribution in [0.3, 0.4) is 0 Å². The zero-order chi connectivity index (χ0) is 14.3. The van der Waals surface area contributed by atoms with Gasteiger partial charge in [0.15, 0.2) is 0 Å². The number of amides is 1. The summed E-state index contributed by atoms with van der Waals surface area (Å²) in [4.78, 5) is 12.0. The molecule has 0 fully saturated rings. The fourth-order valence-corrected chi connectivity index (χ4v) is 1.94. The van der Waals surface area contributed by atoms with Gasteiger partial charge in [-0.15, -0.1) is 0 Å². The van der Waals surface area contributed by atoms with Crippen LogP contribution in [0.1, 0.15) is 33.6 Å². The van der Waals surface area contributed by atoms with Gasteiger partial charge < -0.3 is 15.4 Å². The maximum atomic E-state index is 12.0. The van der Waals surface area contributed by atoms with Crippen LogP contribution in [0.2, 0.25) is 0 Å². The standard InChI is InChI=1S/C15H24N2O2/c1-5-8-11(2)16-15(18)12(3)17-13-9-6-7-10-14(13)19-4/h6-7,9-12,17H,5,8H2,1-4H3,(H,16,18). The van der Waals surface area contributed by atoms with Gasteiger partial charge in [-0.3, -0.25) is 4.79 Å². The molecule has 0 heterocycles. The van der Waals surface area contributed by atoms with Crippen LogP contribution >= 0.6 is 0 Å². The average molecular weight is 264 g/mol. The number of carbonyl (C=O) groups excluding carboxylic acids is 1. The highest BCUT2D eigenvalue weighted by Gasteiger charge is 2.15. The summed E-state index contributed by atoms with van der Waals surface area (Å²) in [6.45, 7) is 5.98. The molecule has 2 atom stereocenters. The highest BCUT2D eigenvalue weighted by Crippen LogP contribution is 2.23. The first kappa shape index (κ1) is 15.3. The first-order valence-corrected chi connectivity index (χ1v) is 6.78. The van der Waals surface area contributed by atoms with E-state index in [2.05, 4.69) is 17.6 Å².